The molecule has 0 radical (unpaired) electrons. The van der Waals surface area contributed by atoms with Gasteiger partial charge in [-0.25, -0.2) is 4.39 Å². The zero-order valence-electron chi connectivity index (χ0n) is 10.0. The first-order valence-corrected chi connectivity index (χ1v) is 6.33. The van der Waals surface area contributed by atoms with E-state index in [1.165, 1.54) is 43.5 Å². The molecule has 1 aliphatic rings. The topological polar surface area (TPSA) is 38.9 Å². The molecule has 17 heavy (non-hydrogen) atoms. The maximum atomic E-state index is 12.8. The van der Waals surface area contributed by atoms with E-state index in [9.17, 15) is 4.39 Å². The second kappa shape index (κ2) is 5.92. The highest BCUT2D eigenvalue weighted by molar-refractivity contribution is 5.22. The monoisotopic (exact) mass is 234 g/mol. The van der Waals surface area contributed by atoms with Crippen LogP contribution < -0.4 is 5.73 Å². The Morgan fingerprint density at radius 1 is 1.18 bits per heavy atom. The van der Waals surface area contributed by atoms with Gasteiger partial charge < -0.3 is 5.73 Å². The number of allylic oxidation sites excluding steroid dienone is 1. The van der Waals surface area contributed by atoms with Crippen LogP contribution in [0.2, 0.25) is 0 Å². The Morgan fingerprint density at radius 3 is 2.76 bits per heavy atom. The quantitative estimate of drug-likeness (QED) is 0.795. The molecule has 1 aliphatic carbocycles. The van der Waals surface area contributed by atoms with Crippen LogP contribution in [0, 0.1) is 5.82 Å². The maximum absolute atomic E-state index is 12.8. The van der Waals surface area contributed by atoms with Crippen LogP contribution in [0.3, 0.4) is 0 Å². The van der Waals surface area contributed by atoms with Gasteiger partial charge in [-0.2, -0.15) is 0 Å². The van der Waals surface area contributed by atoms with Crippen LogP contribution in [0.25, 0.3) is 0 Å². The van der Waals surface area contributed by atoms with Gasteiger partial charge in [0.05, 0.1) is 17.9 Å². The number of rotatable bonds is 2. The Balaban J connectivity index is 2.11. The first-order chi connectivity index (χ1) is 8.27. The van der Waals surface area contributed by atoms with E-state index in [0.29, 0.717) is 0 Å². The van der Waals surface area contributed by atoms with Gasteiger partial charge in [-0.15, -0.1) is 0 Å². The van der Waals surface area contributed by atoms with Crippen molar-refractivity contribution in [2.45, 2.75) is 44.6 Å². The molecular formula is C14H19FN2. The second-order valence-corrected chi connectivity index (χ2v) is 4.61. The number of halogens is 1. The van der Waals surface area contributed by atoms with Gasteiger partial charge in [-0.1, -0.05) is 24.5 Å². The van der Waals surface area contributed by atoms with Crippen LogP contribution in [0.1, 0.15) is 50.3 Å². The Bertz CT molecular complexity index is 384. The van der Waals surface area contributed by atoms with Crippen LogP contribution >= 0.6 is 0 Å². The van der Waals surface area contributed by atoms with Gasteiger partial charge in [0.2, 0.25) is 0 Å². The van der Waals surface area contributed by atoms with Crippen molar-refractivity contribution < 1.29 is 4.39 Å². The van der Waals surface area contributed by atoms with E-state index in [4.69, 9.17) is 5.73 Å². The van der Waals surface area contributed by atoms with Crippen molar-refractivity contribution in [3.8, 4) is 0 Å². The highest BCUT2D eigenvalue weighted by atomic mass is 19.1. The van der Waals surface area contributed by atoms with Crippen molar-refractivity contribution in [1.82, 2.24) is 4.98 Å². The van der Waals surface area contributed by atoms with Gasteiger partial charge >= 0.3 is 0 Å². The van der Waals surface area contributed by atoms with Crippen molar-refractivity contribution in [2.24, 2.45) is 5.73 Å². The first-order valence-electron chi connectivity index (χ1n) is 6.33. The highest BCUT2D eigenvalue weighted by Gasteiger charge is 2.14. The molecule has 0 spiro atoms. The smallest absolute Gasteiger partial charge is 0.141 e. The minimum Gasteiger partial charge on any atom is -0.319 e. The summed E-state index contributed by atoms with van der Waals surface area (Å²) in [6.07, 6.45) is 10.7. The van der Waals surface area contributed by atoms with E-state index >= 15 is 0 Å². The molecule has 0 aliphatic heterocycles. The minimum absolute atomic E-state index is 0.173. The number of pyridine rings is 1. The molecule has 0 amide bonds. The van der Waals surface area contributed by atoms with Gasteiger partial charge in [0, 0.05) is 0 Å². The molecule has 0 saturated carbocycles. The van der Waals surface area contributed by atoms with Gasteiger partial charge in [0.1, 0.15) is 5.82 Å². The molecule has 1 unspecified atom stereocenters. The van der Waals surface area contributed by atoms with Gasteiger partial charge in [0.25, 0.3) is 0 Å². The summed E-state index contributed by atoms with van der Waals surface area (Å²) in [5.74, 6) is -0.312. The van der Waals surface area contributed by atoms with Gasteiger partial charge in [-0.05, 0) is 37.8 Å². The van der Waals surface area contributed by atoms with E-state index in [2.05, 4.69) is 11.1 Å². The molecule has 3 heteroatoms. The number of nitrogens with two attached hydrogens (primary N) is 1. The molecule has 2 nitrogen and oxygen atoms in total. The lowest BCUT2D eigenvalue weighted by molar-refractivity contribution is 0.594. The third-order valence-electron chi connectivity index (χ3n) is 3.29. The Morgan fingerprint density at radius 2 is 2.00 bits per heavy atom. The Labute approximate surface area is 102 Å². The zero-order valence-corrected chi connectivity index (χ0v) is 10.0. The molecule has 0 aromatic carbocycles. The van der Waals surface area contributed by atoms with Crippen LogP contribution in [0.4, 0.5) is 4.39 Å². The zero-order chi connectivity index (χ0) is 12.1. The van der Waals surface area contributed by atoms with Crippen molar-refractivity contribution in [1.29, 1.82) is 0 Å². The molecule has 1 aromatic rings. The van der Waals surface area contributed by atoms with E-state index in [-0.39, 0.29) is 11.9 Å². The third-order valence-corrected chi connectivity index (χ3v) is 3.29. The summed E-state index contributed by atoms with van der Waals surface area (Å²) in [5, 5.41) is 0. The lowest BCUT2D eigenvalue weighted by Gasteiger charge is -2.17. The summed E-state index contributed by atoms with van der Waals surface area (Å²) in [5.41, 5.74) is 8.20. The van der Waals surface area contributed by atoms with Crippen LogP contribution in [-0.2, 0) is 0 Å². The molecule has 1 aromatic heterocycles. The summed E-state index contributed by atoms with van der Waals surface area (Å²) >= 11 is 0. The Hall–Kier alpha value is -1.22. The van der Waals surface area contributed by atoms with Crippen molar-refractivity contribution in [2.75, 3.05) is 0 Å². The number of hydrogen-bond acceptors (Lipinski definition) is 2. The second-order valence-electron chi connectivity index (χ2n) is 4.61. The summed E-state index contributed by atoms with van der Waals surface area (Å²) in [6.45, 7) is 0. The van der Waals surface area contributed by atoms with E-state index in [1.807, 2.05) is 0 Å². The summed E-state index contributed by atoms with van der Waals surface area (Å²) < 4.78 is 12.8. The fourth-order valence-electron chi connectivity index (χ4n) is 2.26. The molecule has 1 atom stereocenters. The highest BCUT2D eigenvalue weighted by Crippen LogP contribution is 2.25. The van der Waals surface area contributed by atoms with Crippen molar-refractivity contribution in [3.05, 3.63) is 41.5 Å². The standard InChI is InChI=1S/C14H19FN2/c15-12-8-9-13(17-10-12)14(16)11-6-4-2-1-3-5-7-11/h6,8-10,14H,1-5,7,16H2/b11-6+. The van der Waals surface area contributed by atoms with Crippen molar-refractivity contribution >= 4 is 0 Å². The molecule has 2 rings (SSSR count). The van der Waals surface area contributed by atoms with Crippen LogP contribution in [0.15, 0.2) is 30.0 Å². The molecule has 0 fully saturated rings. The largest absolute Gasteiger partial charge is 0.319 e. The van der Waals surface area contributed by atoms with E-state index in [0.717, 1.165) is 18.5 Å². The third kappa shape index (κ3) is 3.37. The fraction of sp³-hybridized carbons (Fsp3) is 0.500. The molecule has 1 heterocycles. The SMILES string of the molecule is NC(/C1=C/CCCCCC1)c1ccc(F)cn1. The van der Waals surface area contributed by atoms with E-state index in [1.54, 1.807) is 6.07 Å². The molecule has 0 bridgehead atoms. The maximum Gasteiger partial charge on any atom is 0.141 e. The average molecular weight is 234 g/mol. The van der Waals surface area contributed by atoms with Gasteiger partial charge in [0.15, 0.2) is 0 Å². The van der Waals surface area contributed by atoms with Crippen LogP contribution in [-0.4, -0.2) is 4.98 Å². The predicted molar refractivity (Wildman–Crippen MR) is 66.9 cm³/mol. The molecule has 92 valence electrons. The molecule has 2 N–H and O–H groups in total. The van der Waals surface area contributed by atoms with Crippen molar-refractivity contribution in [3.63, 3.8) is 0 Å². The summed E-state index contributed by atoms with van der Waals surface area (Å²) in [7, 11) is 0. The predicted octanol–water partition coefficient (Wildman–Crippen LogP) is 3.50. The fourth-order valence-corrected chi connectivity index (χ4v) is 2.26. The molecular weight excluding hydrogens is 215 g/mol. The average Bonchev–Trinajstić information content (AvgIpc) is 2.29. The normalized spacial score (nSPS) is 22.1. The Kier molecular flexibility index (Phi) is 4.26. The summed E-state index contributed by atoms with van der Waals surface area (Å²) in [4.78, 5) is 4.07. The first kappa shape index (κ1) is 12.2. The number of aromatic nitrogens is 1. The number of hydrogen-bond donors (Lipinski definition) is 1. The lowest BCUT2D eigenvalue weighted by Crippen LogP contribution is -2.15. The molecule has 0 saturated heterocycles. The summed E-state index contributed by atoms with van der Waals surface area (Å²) in [6, 6.07) is 2.93. The van der Waals surface area contributed by atoms with Crippen LogP contribution in [0.5, 0.6) is 0 Å². The van der Waals surface area contributed by atoms with Gasteiger partial charge in [-0.3, -0.25) is 4.98 Å². The lowest BCUT2D eigenvalue weighted by atomic mass is 9.93. The number of nitrogens with zero attached hydrogens (tertiary/aromatic N) is 1. The van der Waals surface area contributed by atoms with E-state index < -0.39 is 0 Å². The minimum atomic E-state index is -0.312.